The summed E-state index contributed by atoms with van der Waals surface area (Å²) in [6.07, 6.45) is 7.64. The van der Waals surface area contributed by atoms with Crippen molar-refractivity contribution in [1.82, 2.24) is 0 Å². The van der Waals surface area contributed by atoms with Gasteiger partial charge in [-0.15, -0.1) is 24.8 Å². The van der Waals surface area contributed by atoms with E-state index in [1.54, 1.807) is 0 Å². The Morgan fingerprint density at radius 2 is 1.67 bits per heavy atom. The Morgan fingerprint density at radius 3 is 1.83 bits per heavy atom. The molecule has 0 radical (unpaired) electrons. The molecule has 12 heavy (non-hydrogen) atoms. The molecule has 0 spiro atoms. The molecule has 0 saturated heterocycles. The molecule has 0 N–H and O–H groups in total. The van der Waals surface area contributed by atoms with Crippen LogP contribution in [0.15, 0.2) is 23.9 Å². The summed E-state index contributed by atoms with van der Waals surface area (Å²) in [6, 6.07) is 0. The Balaban J connectivity index is -0.000000270. The van der Waals surface area contributed by atoms with Crippen LogP contribution in [0.5, 0.6) is 0 Å². The van der Waals surface area contributed by atoms with Gasteiger partial charge in [0.1, 0.15) is 5.70 Å². The number of quaternary nitrogens is 1. The summed E-state index contributed by atoms with van der Waals surface area (Å²) in [6.45, 7) is 0. The number of halogens is 2. The van der Waals surface area contributed by atoms with Gasteiger partial charge < -0.3 is 4.48 Å². The normalized spacial score (nSPS) is 13.8. The third-order valence-corrected chi connectivity index (χ3v) is 1.61. The van der Waals surface area contributed by atoms with Gasteiger partial charge in [0.2, 0.25) is 0 Å². The van der Waals surface area contributed by atoms with E-state index < -0.39 is 0 Å². The number of hydrogen-bond donors (Lipinski definition) is 0. The number of nitrogens with zero attached hydrogens (tertiary/aromatic N) is 1. The van der Waals surface area contributed by atoms with Crippen molar-refractivity contribution in [3.05, 3.63) is 23.9 Å². The molecular formula is C8H16Cl2NTi+. The molecular weight excluding hydrogens is 229 g/mol. The maximum absolute atomic E-state index is 2.19. The van der Waals surface area contributed by atoms with Crippen molar-refractivity contribution in [2.24, 2.45) is 0 Å². The van der Waals surface area contributed by atoms with Gasteiger partial charge in [-0.1, -0.05) is 12.2 Å². The van der Waals surface area contributed by atoms with E-state index in [-0.39, 0.29) is 46.5 Å². The molecule has 1 aliphatic rings. The van der Waals surface area contributed by atoms with E-state index in [1.165, 1.54) is 5.70 Å². The minimum atomic E-state index is 0. The molecule has 1 rings (SSSR count). The molecule has 0 bridgehead atoms. The first-order valence-electron chi connectivity index (χ1n) is 3.28. The van der Waals surface area contributed by atoms with Gasteiger partial charge in [0.15, 0.2) is 0 Å². The van der Waals surface area contributed by atoms with E-state index >= 15 is 0 Å². The first-order chi connectivity index (χ1) is 4.11. The predicted octanol–water partition coefficient (Wildman–Crippen LogP) is 2.38. The summed E-state index contributed by atoms with van der Waals surface area (Å²) in [7, 11) is 6.58. The second-order valence-electron chi connectivity index (χ2n) is 3.30. The minimum absolute atomic E-state index is 0. The summed E-state index contributed by atoms with van der Waals surface area (Å²) in [5, 5.41) is 0. The third-order valence-electron chi connectivity index (χ3n) is 1.61. The topological polar surface area (TPSA) is 0 Å². The smallest absolute Gasteiger partial charge is 0.112 e. The fourth-order valence-electron chi connectivity index (χ4n) is 0.933. The van der Waals surface area contributed by atoms with E-state index in [4.69, 9.17) is 0 Å². The van der Waals surface area contributed by atoms with Crippen molar-refractivity contribution in [3.8, 4) is 0 Å². The van der Waals surface area contributed by atoms with Gasteiger partial charge in [0.25, 0.3) is 0 Å². The summed E-state index contributed by atoms with van der Waals surface area (Å²) >= 11 is 0. The molecule has 0 aromatic heterocycles. The first kappa shape index (κ1) is 18.5. The zero-order chi connectivity index (χ0) is 6.91. The molecule has 0 aliphatic heterocycles. The van der Waals surface area contributed by atoms with E-state index in [0.717, 1.165) is 10.9 Å². The van der Waals surface area contributed by atoms with Crippen molar-refractivity contribution in [2.45, 2.75) is 6.42 Å². The van der Waals surface area contributed by atoms with Crippen molar-refractivity contribution in [3.63, 3.8) is 0 Å². The largest absolute Gasteiger partial charge is 0.302 e. The van der Waals surface area contributed by atoms with Gasteiger partial charge in [0, 0.05) is 28.1 Å². The maximum Gasteiger partial charge on any atom is 0.112 e. The van der Waals surface area contributed by atoms with Gasteiger partial charge in [-0.2, -0.15) is 0 Å². The zero-order valence-corrected chi connectivity index (χ0v) is 10.9. The third kappa shape index (κ3) is 5.39. The summed E-state index contributed by atoms with van der Waals surface area (Å²) in [5.74, 6) is 0. The van der Waals surface area contributed by atoms with Crippen LogP contribution >= 0.6 is 24.8 Å². The number of allylic oxidation sites excluding steroid dienone is 3. The summed E-state index contributed by atoms with van der Waals surface area (Å²) in [4.78, 5) is 0. The van der Waals surface area contributed by atoms with Crippen molar-refractivity contribution in [2.75, 3.05) is 21.1 Å². The van der Waals surface area contributed by atoms with E-state index in [1.807, 2.05) is 0 Å². The molecule has 1 aliphatic carbocycles. The summed E-state index contributed by atoms with van der Waals surface area (Å²) in [5.41, 5.74) is 1.48. The van der Waals surface area contributed by atoms with Gasteiger partial charge in [-0.25, -0.2) is 0 Å². The Kier molecular flexibility index (Phi) is 11.1. The fourth-order valence-corrected chi connectivity index (χ4v) is 0.933. The molecule has 4 heteroatoms. The average Bonchev–Trinajstić information content (AvgIpc) is 2.08. The molecule has 1 nitrogen and oxygen atoms in total. The molecule has 70 valence electrons. The maximum atomic E-state index is 2.19. The van der Waals surface area contributed by atoms with Crippen LogP contribution in [0.3, 0.4) is 0 Å². The van der Waals surface area contributed by atoms with Crippen LogP contribution in [0.1, 0.15) is 6.42 Å². The van der Waals surface area contributed by atoms with Crippen LogP contribution in [0.25, 0.3) is 0 Å². The van der Waals surface area contributed by atoms with Gasteiger partial charge in [0.05, 0.1) is 21.1 Å². The van der Waals surface area contributed by atoms with Crippen LogP contribution in [0.4, 0.5) is 0 Å². The fraction of sp³-hybridized carbons (Fsp3) is 0.500. The Labute approximate surface area is 102 Å². The van der Waals surface area contributed by atoms with E-state index in [9.17, 15) is 0 Å². The Bertz CT molecular complexity index is 170. The van der Waals surface area contributed by atoms with Crippen molar-refractivity contribution in [1.29, 1.82) is 0 Å². The van der Waals surface area contributed by atoms with Crippen LogP contribution in [0.2, 0.25) is 0 Å². The number of hydrogen-bond acceptors (Lipinski definition) is 0. The van der Waals surface area contributed by atoms with E-state index in [2.05, 4.69) is 39.4 Å². The SMILES string of the molecule is C[N+](C)(C)C1=CC=CC1.Cl.Cl.[Ti]. The quantitative estimate of drug-likeness (QED) is 0.491. The second kappa shape index (κ2) is 7.17. The molecule has 0 fully saturated rings. The van der Waals surface area contributed by atoms with Crippen molar-refractivity contribution < 1.29 is 26.2 Å². The average molecular weight is 245 g/mol. The molecule has 0 amide bonds. The molecule has 0 atom stereocenters. The van der Waals surface area contributed by atoms with Crippen LogP contribution in [-0.4, -0.2) is 25.6 Å². The second-order valence-corrected chi connectivity index (χ2v) is 3.30. The zero-order valence-electron chi connectivity index (χ0n) is 7.70. The van der Waals surface area contributed by atoms with Gasteiger partial charge in [-0.05, 0) is 6.08 Å². The molecule has 0 aromatic carbocycles. The first-order valence-corrected chi connectivity index (χ1v) is 3.28. The van der Waals surface area contributed by atoms with Crippen LogP contribution < -0.4 is 0 Å². The van der Waals surface area contributed by atoms with Crippen LogP contribution in [-0.2, 0) is 21.7 Å². The standard InChI is InChI=1S/C8H14N.2ClH.Ti/c1-9(2,3)8-6-4-5-7-8;;;/h4-6H,7H2,1-3H3;2*1H;/q+1;;;. The minimum Gasteiger partial charge on any atom is -0.302 e. The monoisotopic (exact) mass is 244 g/mol. The van der Waals surface area contributed by atoms with Gasteiger partial charge in [-0.3, -0.25) is 0 Å². The summed E-state index contributed by atoms with van der Waals surface area (Å²) < 4.78 is 0.965. The predicted molar refractivity (Wildman–Crippen MR) is 54.4 cm³/mol. The Morgan fingerprint density at radius 1 is 1.17 bits per heavy atom. The van der Waals surface area contributed by atoms with Gasteiger partial charge >= 0.3 is 0 Å². The van der Waals surface area contributed by atoms with Crippen molar-refractivity contribution >= 4 is 24.8 Å². The molecule has 0 unspecified atom stereocenters. The van der Waals surface area contributed by atoms with E-state index in [0.29, 0.717) is 0 Å². The molecule has 0 aromatic rings. The number of rotatable bonds is 1. The molecule has 0 heterocycles. The molecule has 0 saturated carbocycles. The Hall–Kier alpha value is 0.734. The van der Waals surface area contributed by atoms with Crippen LogP contribution in [0, 0.1) is 0 Å².